The van der Waals surface area contributed by atoms with Crippen molar-refractivity contribution in [1.82, 2.24) is 5.32 Å². The van der Waals surface area contributed by atoms with Crippen LogP contribution in [0.2, 0.25) is 5.02 Å². The average molecular weight is 493 g/mol. The molecule has 34 heavy (non-hydrogen) atoms. The Labute approximate surface area is 201 Å². The molecule has 3 rings (SSSR count). The molecule has 3 atom stereocenters. The first-order chi connectivity index (χ1) is 16.1. The number of rotatable bonds is 7. The zero-order chi connectivity index (χ0) is 25.2. The summed E-state index contributed by atoms with van der Waals surface area (Å²) in [6.07, 6.45) is 0.344. The molecule has 1 aliphatic carbocycles. The number of nitrogens with zero attached hydrogens (tertiary/aromatic N) is 1. The fraction of sp³-hybridized carbons (Fsp3) is 0.435. The minimum absolute atomic E-state index is 0.0265. The van der Waals surface area contributed by atoms with Gasteiger partial charge in [-0.1, -0.05) is 24.6 Å². The van der Waals surface area contributed by atoms with Gasteiger partial charge in [0.1, 0.15) is 17.5 Å². The first kappa shape index (κ1) is 25.4. The van der Waals surface area contributed by atoms with Crippen molar-refractivity contribution in [2.75, 3.05) is 27.4 Å². The van der Waals surface area contributed by atoms with Crippen LogP contribution in [0.4, 0.5) is 5.69 Å². The van der Waals surface area contributed by atoms with E-state index < -0.39 is 34.5 Å². The number of allylic oxidation sites excluding steroid dienone is 3. The van der Waals surface area contributed by atoms with Crippen molar-refractivity contribution in [3.8, 4) is 0 Å². The molecule has 1 heterocycles. The Morgan fingerprint density at radius 1 is 1.26 bits per heavy atom. The molecule has 1 aliphatic heterocycles. The van der Waals surface area contributed by atoms with E-state index in [1.165, 1.54) is 32.4 Å². The highest BCUT2D eigenvalue weighted by Crippen LogP contribution is 2.46. The summed E-state index contributed by atoms with van der Waals surface area (Å²) in [6, 6.07) is 4.09. The zero-order valence-electron chi connectivity index (χ0n) is 19.2. The van der Waals surface area contributed by atoms with E-state index in [1.54, 1.807) is 13.8 Å². The number of nitrogens with one attached hydrogen (secondary N) is 1. The van der Waals surface area contributed by atoms with Gasteiger partial charge in [-0.25, -0.2) is 4.79 Å². The highest BCUT2D eigenvalue weighted by atomic mass is 35.5. The molecule has 0 amide bonds. The van der Waals surface area contributed by atoms with E-state index in [1.807, 2.05) is 0 Å². The number of hydrogen-bond acceptors (Lipinski definition) is 9. The van der Waals surface area contributed by atoms with Gasteiger partial charge in [-0.05, 0) is 30.9 Å². The largest absolute Gasteiger partial charge is 0.468 e. The Morgan fingerprint density at radius 2 is 1.97 bits per heavy atom. The van der Waals surface area contributed by atoms with Crippen LogP contribution in [0.3, 0.4) is 0 Å². The van der Waals surface area contributed by atoms with E-state index in [-0.39, 0.29) is 41.0 Å². The lowest BCUT2D eigenvalue weighted by Crippen LogP contribution is -2.43. The molecule has 182 valence electrons. The summed E-state index contributed by atoms with van der Waals surface area (Å²) in [5.74, 6) is -4.33. The number of benzene rings is 1. The van der Waals surface area contributed by atoms with Crippen LogP contribution in [0.25, 0.3) is 0 Å². The second-order valence-electron chi connectivity index (χ2n) is 8.13. The predicted molar refractivity (Wildman–Crippen MR) is 121 cm³/mol. The van der Waals surface area contributed by atoms with Gasteiger partial charge in [0, 0.05) is 36.1 Å². The predicted octanol–water partition coefficient (Wildman–Crippen LogP) is 3.05. The van der Waals surface area contributed by atoms with Crippen LogP contribution in [0.5, 0.6) is 0 Å². The molecule has 1 aromatic rings. The first-order valence-electron chi connectivity index (χ1n) is 10.5. The van der Waals surface area contributed by atoms with Gasteiger partial charge < -0.3 is 19.5 Å². The number of carbonyl (C=O) groups is 3. The van der Waals surface area contributed by atoms with E-state index >= 15 is 0 Å². The second kappa shape index (κ2) is 10.4. The standard InChI is InChI=1S/C23H25ClN2O8/c1-11-9-15-20(21(27)17(11)22(28)33-4)19(13-5-6-14(24)16(10-13)26(30)31)18(12(2)25-15)23(29)34-8-7-32-3/h5-6,10-11,17,19,25H,7-9H2,1-4H3/t11-,17+,19+/m0/s1. The lowest BCUT2D eigenvalue weighted by Gasteiger charge is -2.38. The smallest absolute Gasteiger partial charge is 0.336 e. The third kappa shape index (κ3) is 4.69. The van der Waals surface area contributed by atoms with Crippen LogP contribution in [0.1, 0.15) is 31.7 Å². The molecule has 11 heteroatoms. The highest BCUT2D eigenvalue weighted by Gasteiger charge is 2.47. The molecule has 0 aromatic heterocycles. The van der Waals surface area contributed by atoms with Gasteiger partial charge in [0.2, 0.25) is 0 Å². The summed E-state index contributed by atoms with van der Waals surface area (Å²) >= 11 is 6.00. The normalized spacial score (nSPS) is 22.1. The zero-order valence-corrected chi connectivity index (χ0v) is 19.9. The molecule has 10 nitrogen and oxygen atoms in total. The van der Waals surface area contributed by atoms with Crippen LogP contribution in [-0.4, -0.2) is 50.1 Å². The van der Waals surface area contributed by atoms with Gasteiger partial charge >= 0.3 is 11.9 Å². The molecule has 0 fully saturated rings. The molecule has 0 bridgehead atoms. The molecular formula is C23H25ClN2O8. The van der Waals surface area contributed by atoms with Crippen molar-refractivity contribution in [3.63, 3.8) is 0 Å². The van der Waals surface area contributed by atoms with Crippen molar-refractivity contribution in [1.29, 1.82) is 0 Å². The van der Waals surface area contributed by atoms with Crippen molar-refractivity contribution in [3.05, 3.63) is 61.4 Å². The van der Waals surface area contributed by atoms with Crippen LogP contribution >= 0.6 is 11.6 Å². The van der Waals surface area contributed by atoms with Gasteiger partial charge in [-0.3, -0.25) is 19.7 Å². The van der Waals surface area contributed by atoms with Crippen molar-refractivity contribution in [2.45, 2.75) is 26.2 Å². The van der Waals surface area contributed by atoms with Gasteiger partial charge in [0.25, 0.3) is 5.69 Å². The summed E-state index contributed by atoms with van der Waals surface area (Å²) in [6.45, 7) is 3.56. The average Bonchev–Trinajstić information content (AvgIpc) is 2.78. The minimum Gasteiger partial charge on any atom is -0.468 e. The molecule has 0 unspecified atom stereocenters. The van der Waals surface area contributed by atoms with Gasteiger partial charge in [-0.15, -0.1) is 0 Å². The van der Waals surface area contributed by atoms with Crippen LogP contribution in [0.15, 0.2) is 40.7 Å². The number of halogens is 1. The topological polar surface area (TPSA) is 134 Å². The molecule has 1 aromatic carbocycles. The van der Waals surface area contributed by atoms with Crippen LogP contribution in [-0.2, 0) is 28.6 Å². The summed E-state index contributed by atoms with van der Waals surface area (Å²) in [4.78, 5) is 50.1. The molecule has 0 radical (unpaired) electrons. The van der Waals surface area contributed by atoms with Crippen molar-refractivity contribution >= 4 is 35.0 Å². The molecule has 2 aliphatic rings. The summed E-state index contributed by atoms with van der Waals surface area (Å²) < 4.78 is 15.1. The van der Waals surface area contributed by atoms with E-state index in [9.17, 15) is 24.5 Å². The third-order valence-electron chi connectivity index (χ3n) is 5.98. The van der Waals surface area contributed by atoms with Gasteiger partial charge in [0.05, 0.1) is 24.2 Å². The van der Waals surface area contributed by atoms with E-state index in [0.29, 0.717) is 23.4 Å². The molecule has 0 saturated heterocycles. The van der Waals surface area contributed by atoms with Crippen LogP contribution in [0, 0.1) is 22.0 Å². The quantitative estimate of drug-likeness (QED) is 0.200. The van der Waals surface area contributed by atoms with E-state index in [2.05, 4.69) is 5.32 Å². The molecule has 0 saturated carbocycles. The monoisotopic (exact) mass is 492 g/mol. The lowest BCUT2D eigenvalue weighted by molar-refractivity contribution is -0.384. The number of ether oxygens (including phenoxy) is 3. The maximum Gasteiger partial charge on any atom is 0.336 e. The lowest BCUT2D eigenvalue weighted by atomic mass is 9.69. The maximum absolute atomic E-state index is 13.6. The van der Waals surface area contributed by atoms with Gasteiger partial charge in [-0.2, -0.15) is 0 Å². The summed E-state index contributed by atoms with van der Waals surface area (Å²) in [5, 5.41) is 14.6. The van der Waals surface area contributed by atoms with Crippen molar-refractivity contribution in [2.24, 2.45) is 11.8 Å². The Morgan fingerprint density at radius 3 is 2.59 bits per heavy atom. The fourth-order valence-electron chi connectivity index (χ4n) is 4.43. The third-order valence-corrected chi connectivity index (χ3v) is 6.30. The number of dihydropyridines is 1. The Hall–Kier alpha value is -3.24. The Bertz CT molecular complexity index is 1110. The summed E-state index contributed by atoms with van der Waals surface area (Å²) in [7, 11) is 2.66. The molecular weight excluding hydrogens is 468 g/mol. The maximum atomic E-state index is 13.6. The second-order valence-corrected chi connectivity index (χ2v) is 8.54. The summed E-state index contributed by atoms with van der Waals surface area (Å²) in [5.41, 5.74) is 1.21. The number of nitro groups is 1. The highest BCUT2D eigenvalue weighted by molar-refractivity contribution is 6.32. The van der Waals surface area contributed by atoms with Crippen LogP contribution < -0.4 is 5.32 Å². The number of esters is 2. The number of carbonyl (C=O) groups excluding carboxylic acids is 3. The van der Waals surface area contributed by atoms with Gasteiger partial charge in [0.15, 0.2) is 5.78 Å². The van der Waals surface area contributed by atoms with Crippen molar-refractivity contribution < 1.29 is 33.5 Å². The Balaban J connectivity index is 2.19. The number of Topliss-reactive ketones (excluding diaryl/α,β-unsaturated/α-hetero) is 1. The Kier molecular flexibility index (Phi) is 7.73. The number of hydrogen-bond donors (Lipinski definition) is 1. The first-order valence-corrected chi connectivity index (χ1v) is 10.9. The number of nitro benzene ring substituents is 1. The fourth-order valence-corrected chi connectivity index (χ4v) is 4.62. The van der Waals surface area contributed by atoms with E-state index in [4.69, 9.17) is 25.8 Å². The number of methoxy groups -OCH3 is 2. The minimum atomic E-state index is -1.07. The number of ketones is 1. The van der Waals surface area contributed by atoms with E-state index in [0.717, 1.165) is 0 Å². The molecule has 1 N–H and O–H groups in total. The SMILES string of the molecule is COCCOC(=O)C1=C(C)NC2=C(C(=O)[C@H](C(=O)OC)[C@@H](C)C2)[C@@H]1c1ccc(Cl)c([N+](=O)[O-])c1. The molecule has 0 spiro atoms.